The van der Waals surface area contributed by atoms with Crippen molar-refractivity contribution in [3.05, 3.63) is 27.9 Å². The number of hydrogen-bond acceptors (Lipinski definition) is 6. The summed E-state index contributed by atoms with van der Waals surface area (Å²) in [5, 5.41) is 4.24. The maximum Gasteiger partial charge on any atom is 0.248 e. The lowest BCUT2D eigenvalue weighted by atomic mass is 10.1. The summed E-state index contributed by atoms with van der Waals surface area (Å²) >= 11 is 6.17. The molecule has 1 aliphatic heterocycles. The highest BCUT2D eigenvalue weighted by Gasteiger charge is 2.35. The molecular weight excluding hydrogens is 364 g/mol. The second-order valence-electron chi connectivity index (χ2n) is 6.33. The predicted molar refractivity (Wildman–Crippen MR) is 95.4 cm³/mol. The van der Waals surface area contributed by atoms with Crippen molar-refractivity contribution >= 4 is 27.4 Å². The third-order valence-electron chi connectivity index (χ3n) is 4.24. The van der Waals surface area contributed by atoms with E-state index in [0.29, 0.717) is 24.5 Å². The quantitative estimate of drug-likeness (QED) is 0.792. The van der Waals surface area contributed by atoms with Crippen LogP contribution in [0.25, 0.3) is 0 Å². The van der Waals surface area contributed by atoms with Gasteiger partial charge in [0.05, 0.1) is 17.9 Å². The molecule has 1 aliphatic rings. The van der Waals surface area contributed by atoms with E-state index in [0.717, 1.165) is 17.1 Å². The monoisotopic (exact) mass is 384 g/mol. The van der Waals surface area contributed by atoms with Crippen molar-refractivity contribution in [3.8, 4) is 0 Å². The third kappa shape index (κ3) is 3.00. The van der Waals surface area contributed by atoms with Crippen LogP contribution in [0, 0.1) is 13.8 Å². The van der Waals surface area contributed by atoms with Crippen molar-refractivity contribution < 1.29 is 8.42 Å². The molecule has 0 saturated carbocycles. The zero-order chi connectivity index (χ0) is 18.5. The number of sulfonamides is 1. The summed E-state index contributed by atoms with van der Waals surface area (Å²) in [5.41, 5.74) is 2.13. The van der Waals surface area contributed by atoms with Gasteiger partial charge in [-0.15, -0.1) is 0 Å². The van der Waals surface area contributed by atoms with Crippen LogP contribution in [0.15, 0.2) is 4.90 Å². The first-order valence-electron chi connectivity index (χ1n) is 7.86. The minimum Gasteiger partial charge on any atom is -0.362 e. The highest BCUT2D eigenvalue weighted by Crippen LogP contribution is 2.32. The van der Waals surface area contributed by atoms with Crippen molar-refractivity contribution in [1.29, 1.82) is 0 Å². The van der Waals surface area contributed by atoms with Crippen LogP contribution in [0.3, 0.4) is 0 Å². The van der Waals surface area contributed by atoms with E-state index in [1.54, 1.807) is 14.0 Å². The molecule has 0 N–H and O–H groups in total. The van der Waals surface area contributed by atoms with Crippen LogP contribution < -0.4 is 4.90 Å². The number of anilines is 1. The summed E-state index contributed by atoms with van der Waals surface area (Å²) in [4.78, 5) is 10.9. The fourth-order valence-corrected chi connectivity index (χ4v) is 5.22. The van der Waals surface area contributed by atoms with Gasteiger partial charge in [0.2, 0.25) is 10.0 Å². The minimum atomic E-state index is -3.75. The van der Waals surface area contributed by atoms with Gasteiger partial charge in [0.15, 0.2) is 0 Å². The van der Waals surface area contributed by atoms with Crippen LogP contribution in [0.1, 0.15) is 22.8 Å². The van der Waals surface area contributed by atoms with Crippen LogP contribution >= 0.6 is 11.6 Å². The number of aryl methyl sites for hydroxylation is 3. The van der Waals surface area contributed by atoms with E-state index < -0.39 is 10.0 Å². The first kappa shape index (κ1) is 18.1. The number of hydrogen-bond donors (Lipinski definition) is 0. The molecule has 0 fully saturated rings. The van der Waals surface area contributed by atoms with E-state index in [1.807, 2.05) is 25.9 Å². The average molecular weight is 385 g/mol. The number of aromatic nitrogens is 4. The molecule has 0 amide bonds. The second-order valence-corrected chi connectivity index (χ2v) is 8.56. The topological polar surface area (TPSA) is 84.2 Å². The molecule has 3 heterocycles. The average Bonchev–Trinajstić information content (AvgIpc) is 2.78. The van der Waals surface area contributed by atoms with Gasteiger partial charge in [0, 0.05) is 33.3 Å². The zero-order valence-corrected chi connectivity index (χ0v) is 16.5. The molecule has 25 heavy (non-hydrogen) atoms. The van der Waals surface area contributed by atoms with Gasteiger partial charge in [0.25, 0.3) is 0 Å². The summed E-state index contributed by atoms with van der Waals surface area (Å²) in [5.74, 6) is 1.47. The smallest absolute Gasteiger partial charge is 0.248 e. The van der Waals surface area contributed by atoms with E-state index in [1.165, 1.54) is 8.99 Å². The van der Waals surface area contributed by atoms with Gasteiger partial charge in [-0.2, -0.15) is 9.40 Å². The molecule has 10 heteroatoms. The molecule has 8 nitrogen and oxygen atoms in total. The highest BCUT2D eigenvalue weighted by atomic mass is 35.5. The Morgan fingerprint density at radius 3 is 2.44 bits per heavy atom. The highest BCUT2D eigenvalue weighted by molar-refractivity contribution is 7.89. The van der Waals surface area contributed by atoms with Crippen LogP contribution in [-0.2, 0) is 30.0 Å². The summed E-state index contributed by atoms with van der Waals surface area (Å²) in [6.07, 6.45) is 0.555. The normalized spacial score (nSPS) is 15.3. The van der Waals surface area contributed by atoms with Crippen molar-refractivity contribution in [3.63, 3.8) is 0 Å². The van der Waals surface area contributed by atoms with Crippen LogP contribution in [0.2, 0.25) is 5.15 Å². The maximum absolute atomic E-state index is 13.1. The van der Waals surface area contributed by atoms with Crippen molar-refractivity contribution in [2.45, 2.75) is 31.7 Å². The Kier molecular flexibility index (Phi) is 4.50. The molecule has 0 bridgehead atoms. The minimum absolute atomic E-state index is 0.0683. The Labute approximate surface area is 152 Å². The molecule has 0 saturated heterocycles. The Hall–Kier alpha value is -1.71. The summed E-state index contributed by atoms with van der Waals surface area (Å²) in [6.45, 7) is 4.01. The summed E-state index contributed by atoms with van der Waals surface area (Å²) in [6, 6.07) is 0. The first-order valence-corrected chi connectivity index (χ1v) is 9.67. The molecule has 0 aliphatic carbocycles. The lowest BCUT2D eigenvalue weighted by Crippen LogP contribution is -2.37. The Morgan fingerprint density at radius 2 is 1.88 bits per heavy atom. The first-order chi connectivity index (χ1) is 11.6. The number of nitrogens with zero attached hydrogens (tertiary/aromatic N) is 6. The maximum atomic E-state index is 13.1. The Balaban J connectivity index is 2.03. The van der Waals surface area contributed by atoms with Gasteiger partial charge in [-0.25, -0.2) is 18.4 Å². The number of halogens is 1. The zero-order valence-electron chi connectivity index (χ0n) is 14.9. The van der Waals surface area contributed by atoms with Gasteiger partial charge in [-0.1, -0.05) is 11.6 Å². The van der Waals surface area contributed by atoms with Crippen LogP contribution in [0.5, 0.6) is 0 Å². The summed E-state index contributed by atoms with van der Waals surface area (Å²) in [7, 11) is 1.72. The van der Waals surface area contributed by atoms with Gasteiger partial charge in [-0.05, 0) is 20.3 Å². The Morgan fingerprint density at radius 1 is 1.20 bits per heavy atom. The standard InChI is InChI=1S/C15H21ClN6O2S/c1-9-13(14(16)21(5)19-9)25(23,24)22-7-6-11-12(8-22)17-10(2)18-15(11)20(3)4/h6-8H2,1-5H3. The molecular formula is C15H21ClN6O2S. The molecule has 2 aromatic heterocycles. The lowest BCUT2D eigenvalue weighted by Gasteiger charge is -2.29. The van der Waals surface area contributed by atoms with Crippen LogP contribution in [-0.4, -0.2) is 53.1 Å². The van der Waals surface area contributed by atoms with Gasteiger partial charge in [0.1, 0.15) is 21.7 Å². The molecule has 0 aromatic carbocycles. The summed E-state index contributed by atoms with van der Waals surface area (Å²) < 4.78 is 29.0. The SMILES string of the molecule is Cc1nc2c(c(N(C)C)n1)CCN(S(=O)(=O)c1c(C)nn(C)c1Cl)C2. The van der Waals surface area contributed by atoms with E-state index in [-0.39, 0.29) is 16.6 Å². The van der Waals surface area contributed by atoms with Crippen molar-refractivity contribution in [2.24, 2.45) is 7.05 Å². The predicted octanol–water partition coefficient (Wildman–Crippen LogP) is 1.29. The van der Waals surface area contributed by atoms with Crippen molar-refractivity contribution in [1.82, 2.24) is 24.1 Å². The van der Waals surface area contributed by atoms with E-state index >= 15 is 0 Å². The second kappa shape index (κ2) is 6.22. The third-order valence-corrected chi connectivity index (χ3v) is 6.78. The molecule has 0 atom stereocenters. The molecule has 0 radical (unpaired) electrons. The molecule has 0 spiro atoms. The van der Waals surface area contributed by atoms with Crippen molar-refractivity contribution in [2.75, 3.05) is 25.5 Å². The van der Waals surface area contributed by atoms with E-state index in [2.05, 4.69) is 15.1 Å². The fraction of sp³-hybridized carbons (Fsp3) is 0.533. The van der Waals surface area contributed by atoms with Crippen LogP contribution in [0.4, 0.5) is 5.82 Å². The van der Waals surface area contributed by atoms with Gasteiger partial charge < -0.3 is 4.90 Å². The van der Waals surface area contributed by atoms with E-state index in [4.69, 9.17) is 11.6 Å². The molecule has 0 unspecified atom stereocenters. The van der Waals surface area contributed by atoms with E-state index in [9.17, 15) is 8.42 Å². The largest absolute Gasteiger partial charge is 0.362 e. The molecule has 136 valence electrons. The molecule has 2 aromatic rings. The van der Waals surface area contributed by atoms with Gasteiger partial charge in [-0.3, -0.25) is 4.68 Å². The number of rotatable bonds is 3. The number of fused-ring (bicyclic) bond motifs is 1. The fourth-order valence-electron chi connectivity index (χ4n) is 3.11. The lowest BCUT2D eigenvalue weighted by molar-refractivity contribution is 0.384. The Bertz CT molecular complexity index is 938. The molecule has 3 rings (SSSR count). The van der Waals surface area contributed by atoms with Gasteiger partial charge >= 0.3 is 0 Å².